The first-order chi connectivity index (χ1) is 9.16. The lowest BCUT2D eigenvalue weighted by Crippen LogP contribution is -2.17. The topological polar surface area (TPSA) is 41.5 Å². The molecule has 2 aromatic rings. The predicted molar refractivity (Wildman–Crippen MR) is 80.4 cm³/mol. The van der Waals surface area contributed by atoms with E-state index >= 15 is 0 Å². The monoisotopic (exact) mass is 316 g/mol. The zero-order valence-electron chi connectivity index (χ0n) is 10.4. The maximum Gasteiger partial charge on any atom is 0.271 e. The first kappa shape index (κ1) is 13.5. The molecule has 2 aromatic carbocycles. The minimum Gasteiger partial charge on any atom is -0.267 e. The summed E-state index contributed by atoms with van der Waals surface area (Å²) in [5, 5.41) is 3.97. The lowest BCUT2D eigenvalue weighted by atomic mass is 10.1. The number of carbonyl (C=O) groups is 1. The van der Waals surface area contributed by atoms with Crippen LogP contribution in [0.15, 0.2) is 58.1 Å². The molecule has 0 heterocycles. The quantitative estimate of drug-likeness (QED) is 0.683. The highest BCUT2D eigenvalue weighted by molar-refractivity contribution is 9.10. The van der Waals surface area contributed by atoms with Crippen molar-refractivity contribution in [1.29, 1.82) is 0 Å². The number of benzene rings is 2. The van der Waals surface area contributed by atoms with Gasteiger partial charge in [-0.2, -0.15) is 5.10 Å². The van der Waals surface area contributed by atoms with Crippen molar-refractivity contribution >= 4 is 28.1 Å². The molecule has 0 atom stereocenters. The number of rotatable bonds is 3. The molecule has 1 amide bonds. The number of nitrogens with one attached hydrogen (secondary N) is 1. The van der Waals surface area contributed by atoms with Crippen LogP contribution >= 0.6 is 15.9 Å². The zero-order valence-corrected chi connectivity index (χ0v) is 12.0. The van der Waals surface area contributed by atoms with E-state index in [4.69, 9.17) is 0 Å². The number of nitrogens with zero attached hydrogens (tertiary/aromatic N) is 1. The molecule has 0 aliphatic carbocycles. The first-order valence-corrected chi connectivity index (χ1v) is 6.61. The molecule has 0 bridgehead atoms. The molecule has 0 fully saturated rings. The van der Waals surface area contributed by atoms with Gasteiger partial charge in [-0.15, -0.1) is 0 Å². The van der Waals surface area contributed by atoms with Crippen molar-refractivity contribution < 1.29 is 4.79 Å². The Morgan fingerprint density at radius 3 is 2.74 bits per heavy atom. The van der Waals surface area contributed by atoms with Crippen LogP contribution in [0.5, 0.6) is 0 Å². The molecule has 0 saturated carbocycles. The highest BCUT2D eigenvalue weighted by Gasteiger charge is 2.03. The van der Waals surface area contributed by atoms with Crippen LogP contribution in [0.25, 0.3) is 0 Å². The summed E-state index contributed by atoms with van der Waals surface area (Å²) in [5.74, 6) is -0.230. The van der Waals surface area contributed by atoms with Crippen molar-refractivity contribution in [2.24, 2.45) is 5.10 Å². The van der Waals surface area contributed by atoms with E-state index in [0.29, 0.717) is 5.56 Å². The minimum absolute atomic E-state index is 0.230. The third kappa shape index (κ3) is 3.76. The molecule has 0 aliphatic heterocycles. The fourth-order valence-electron chi connectivity index (χ4n) is 1.59. The molecule has 2 rings (SSSR count). The fraction of sp³-hybridized carbons (Fsp3) is 0.0667. The number of hydrazone groups is 1. The van der Waals surface area contributed by atoms with E-state index < -0.39 is 0 Å². The Balaban J connectivity index is 2.03. The first-order valence-electron chi connectivity index (χ1n) is 5.81. The third-order valence-corrected chi connectivity index (χ3v) is 3.14. The Morgan fingerprint density at radius 2 is 2.00 bits per heavy atom. The summed E-state index contributed by atoms with van der Waals surface area (Å²) < 4.78 is 0.864. The number of aryl methyl sites for hydroxylation is 1. The minimum atomic E-state index is -0.230. The summed E-state index contributed by atoms with van der Waals surface area (Å²) in [6, 6.07) is 15.0. The second-order valence-corrected chi connectivity index (χ2v) is 4.98. The molecule has 1 N–H and O–H groups in total. The molecule has 0 unspecified atom stereocenters. The van der Waals surface area contributed by atoms with Crippen LogP contribution in [0.3, 0.4) is 0 Å². The van der Waals surface area contributed by atoms with E-state index in [2.05, 4.69) is 26.5 Å². The fourth-order valence-corrected chi connectivity index (χ4v) is 1.99. The van der Waals surface area contributed by atoms with Crippen LogP contribution < -0.4 is 5.43 Å². The van der Waals surface area contributed by atoms with E-state index in [1.54, 1.807) is 18.3 Å². The normalized spacial score (nSPS) is 10.6. The van der Waals surface area contributed by atoms with Gasteiger partial charge in [0.2, 0.25) is 0 Å². The Morgan fingerprint density at radius 1 is 1.21 bits per heavy atom. The average Bonchev–Trinajstić information content (AvgIpc) is 2.41. The molecule has 0 radical (unpaired) electrons. The van der Waals surface area contributed by atoms with Crippen molar-refractivity contribution in [2.75, 3.05) is 0 Å². The average molecular weight is 317 g/mol. The van der Waals surface area contributed by atoms with Gasteiger partial charge in [0.15, 0.2) is 0 Å². The summed E-state index contributed by atoms with van der Waals surface area (Å²) in [4.78, 5) is 11.8. The van der Waals surface area contributed by atoms with E-state index in [0.717, 1.165) is 15.6 Å². The van der Waals surface area contributed by atoms with Crippen LogP contribution in [-0.2, 0) is 0 Å². The highest BCUT2D eigenvalue weighted by Crippen LogP contribution is 2.11. The number of hydrogen-bond acceptors (Lipinski definition) is 2. The van der Waals surface area contributed by atoms with Gasteiger partial charge in [-0.05, 0) is 36.2 Å². The summed E-state index contributed by atoms with van der Waals surface area (Å²) >= 11 is 3.33. The van der Waals surface area contributed by atoms with Crippen LogP contribution in [0, 0.1) is 6.92 Å². The molecule has 0 spiro atoms. The molecular formula is C15H13BrN2O. The molecule has 0 aromatic heterocycles. The Bertz CT molecular complexity index is 623. The second-order valence-electron chi connectivity index (χ2n) is 4.07. The van der Waals surface area contributed by atoms with Crippen LogP contribution in [0.2, 0.25) is 0 Å². The number of hydrogen-bond donors (Lipinski definition) is 1. The number of halogens is 1. The summed E-state index contributed by atoms with van der Waals surface area (Å²) in [6.07, 6.45) is 1.64. The molecule has 0 saturated heterocycles. The smallest absolute Gasteiger partial charge is 0.267 e. The van der Waals surface area contributed by atoms with Gasteiger partial charge < -0.3 is 0 Å². The van der Waals surface area contributed by atoms with Crippen molar-refractivity contribution in [3.8, 4) is 0 Å². The van der Waals surface area contributed by atoms with Crippen LogP contribution in [0.4, 0.5) is 0 Å². The molecule has 96 valence electrons. The summed E-state index contributed by atoms with van der Waals surface area (Å²) in [5.41, 5.74) is 5.17. The van der Waals surface area contributed by atoms with Crippen molar-refractivity contribution in [3.05, 3.63) is 69.7 Å². The van der Waals surface area contributed by atoms with E-state index in [1.807, 2.05) is 43.3 Å². The molecule has 19 heavy (non-hydrogen) atoms. The molecule has 3 nitrogen and oxygen atoms in total. The van der Waals surface area contributed by atoms with Crippen LogP contribution in [0.1, 0.15) is 21.5 Å². The van der Waals surface area contributed by atoms with Crippen molar-refractivity contribution in [1.82, 2.24) is 5.43 Å². The maximum atomic E-state index is 11.8. The molecule has 0 aliphatic rings. The van der Waals surface area contributed by atoms with Crippen LogP contribution in [-0.4, -0.2) is 12.1 Å². The zero-order chi connectivity index (χ0) is 13.7. The highest BCUT2D eigenvalue weighted by atomic mass is 79.9. The van der Waals surface area contributed by atoms with Gasteiger partial charge in [0.25, 0.3) is 5.91 Å². The van der Waals surface area contributed by atoms with Crippen molar-refractivity contribution in [3.63, 3.8) is 0 Å². The van der Waals surface area contributed by atoms with Gasteiger partial charge in [0.05, 0.1) is 6.21 Å². The Labute approximate surface area is 120 Å². The third-order valence-electron chi connectivity index (χ3n) is 2.64. The van der Waals surface area contributed by atoms with Gasteiger partial charge >= 0.3 is 0 Å². The largest absolute Gasteiger partial charge is 0.271 e. The van der Waals surface area contributed by atoms with Gasteiger partial charge in [-0.1, -0.05) is 46.3 Å². The van der Waals surface area contributed by atoms with E-state index in [9.17, 15) is 4.79 Å². The van der Waals surface area contributed by atoms with E-state index in [-0.39, 0.29) is 5.91 Å². The maximum absolute atomic E-state index is 11.8. The van der Waals surface area contributed by atoms with E-state index in [1.165, 1.54) is 0 Å². The lowest BCUT2D eigenvalue weighted by molar-refractivity contribution is 0.0955. The Kier molecular flexibility index (Phi) is 4.47. The molecular weight excluding hydrogens is 304 g/mol. The molecule has 4 heteroatoms. The second kappa shape index (κ2) is 6.29. The van der Waals surface area contributed by atoms with Crippen molar-refractivity contribution in [2.45, 2.75) is 6.92 Å². The van der Waals surface area contributed by atoms with Gasteiger partial charge in [0.1, 0.15) is 0 Å². The number of carbonyl (C=O) groups excluding carboxylic acids is 1. The Hall–Kier alpha value is -1.94. The van der Waals surface area contributed by atoms with Gasteiger partial charge in [-0.25, -0.2) is 5.43 Å². The number of amides is 1. The summed E-state index contributed by atoms with van der Waals surface area (Å²) in [7, 11) is 0. The summed E-state index contributed by atoms with van der Waals surface area (Å²) in [6.45, 7) is 2.00. The van der Waals surface area contributed by atoms with Gasteiger partial charge in [0, 0.05) is 10.0 Å². The SMILES string of the molecule is Cc1ccccc1/C=N/NC(=O)c1cccc(Br)c1. The van der Waals surface area contributed by atoms with Gasteiger partial charge in [-0.3, -0.25) is 4.79 Å². The lowest BCUT2D eigenvalue weighted by Gasteiger charge is -2.01. The standard InChI is InChI=1S/C15H13BrN2O/c1-11-5-2-3-6-13(11)10-17-18-15(19)12-7-4-8-14(16)9-12/h2-10H,1H3,(H,18,19)/b17-10+. The predicted octanol–water partition coefficient (Wildman–Crippen LogP) is 3.52.